The number of hydrogen-bond acceptors (Lipinski definition) is 2. The van der Waals surface area contributed by atoms with Gasteiger partial charge >= 0.3 is 0 Å². The van der Waals surface area contributed by atoms with Crippen LogP contribution in [0.25, 0.3) is 0 Å². The first-order valence-electron chi connectivity index (χ1n) is 6.12. The molecular formula is C13H17BrClFN2. The highest BCUT2D eigenvalue weighted by Gasteiger charge is 2.28. The maximum Gasteiger partial charge on any atom is 0.125 e. The molecule has 0 saturated carbocycles. The molecule has 0 aromatic heterocycles. The van der Waals surface area contributed by atoms with Crippen LogP contribution < -0.4 is 10.2 Å². The quantitative estimate of drug-likeness (QED) is 0.887. The van der Waals surface area contributed by atoms with E-state index in [1.165, 1.54) is 12.1 Å². The van der Waals surface area contributed by atoms with Crippen molar-refractivity contribution in [3.8, 4) is 0 Å². The van der Waals surface area contributed by atoms with Crippen LogP contribution in [0.5, 0.6) is 0 Å². The normalized spacial score (nSPS) is 20.6. The van der Waals surface area contributed by atoms with E-state index in [0.29, 0.717) is 17.0 Å². The van der Waals surface area contributed by atoms with Crippen LogP contribution in [-0.4, -0.2) is 25.7 Å². The van der Waals surface area contributed by atoms with Gasteiger partial charge in [-0.25, -0.2) is 4.39 Å². The molecule has 1 aliphatic heterocycles. The molecule has 1 N–H and O–H groups in total. The minimum atomic E-state index is -0.313. The fraction of sp³-hybridized carbons (Fsp3) is 0.538. The average molecular weight is 336 g/mol. The van der Waals surface area contributed by atoms with Crippen molar-refractivity contribution in [1.82, 2.24) is 5.32 Å². The van der Waals surface area contributed by atoms with Crippen LogP contribution in [0.15, 0.2) is 16.6 Å². The van der Waals surface area contributed by atoms with Crippen LogP contribution >= 0.6 is 27.5 Å². The molecule has 2 rings (SSSR count). The van der Waals surface area contributed by atoms with Crippen molar-refractivity contribution in [2.75, 3.05) is 24.5 Å². The van der Waals surface area contributed by atoms with Crippen LogP contribution in [-0.2, 0) is 0 Å². The van der Waals surface area contributed by atoms with Gasteiger partial charge in [-0.3, -0.25) is 0 Å². The Balaban J connectivity index is 2.39. The molecule has 2 nitrogen and oxygen atoms in total. The second-order valence-electron chi connectivity index (χ2n) is 4.93. The summed E-state index contributed by atoms with van der Waals surface area (Å²) in [5.74, 6) is 0.192. The zero-order valence-electron chi connectivity index (χ0n) is 10.5. The van der Waals surface area contributed by atoms with E-state index in [-0.39, 0.29) is 5.82 Å². The summed E-state index contributed by atoms with van der Waals surface area (Å²) in [6.45, 7) is 7.11. The molecule has 5 heteroatoms. The standard InChI is InChI=1S/C13H17BrClFN2/c1-8(2)12-7-17-3-4-18(12)13-10(14)5-9(16)6-11(13)15/h5-6,8,12,17H,3-4,7H2,1-2H3. The summed E-state index contributed by atoms with van der Waals surface area (Å²) in [5, 5.41) is 3.86. The second kappa shape index (κ2) is 5.76. The van der Waals surface area contributed by atoms with Crippen molar-refractivity contribution in [2.45, 2.75) is 19.9 Å². The van der Waals surface area contributed by atoms with Gasteiger partial charge in [0.05, 0.1) is 10.7 Å². The maximum absolute atomic E-state index is 13.3. The summed E-state index contributed by atoms with van der Waals surface area (Å²) in [4.78, 5) is 2.27. The van der Waals surface area contributed by atoms with E-state index >= 15 is 0 Å². The number of nitrogens with one attached hydrogen (secondary N) is 1. The number of rotatable bonds is 2. The summed E-state index contributed by atoms with van der Waals surface area (Å²) in [6.07, 6.45) is 0. The van der Waals surface area contributed by atoms with Crippen LogP contribution in [0, 0.1) is 11.7 Å². The minimum absolute atomic E-state index is 0.313. The average Bonchev–Trinajstić information content (AvgIpc) is 2.28. The van der Waals surface area contributed by atoms with Gasteiger partial charge in [-0.15, -0.1) is 0 Å². The molecule has 1 atom stereocenters. The first kappa shape index (κ1) is 14.1. The molecule has 0 spiro atoms. The van der Waals surface area contributed by atoms with Crippen LogP contribution in [0.4, 0.5) is 10.1 Å². The zero-order valence-corrected chi connectivity index (χ0v) is 12.9. The number of anilines is 1. The van der Waals surface area contributed by atoms with Gasteiger partial charge in [0.15, 0.2) is 0 Å². The SMILES string of the molecule is CC(C)C1CNCCN1c1c(Cl)cc(F)cc1Br. The lowest BCUT2D eigenvalue weighted by molar-refractivity contribution is 0.390. The molecule has 1 aromatic rings. The van der Waals surface area contributed by atoms with Gasteiger partial charge in [-0.2, -0.15) is 0 Å². The third kappa shape index (κ3) is 2.81. The molecule has 1 unspecified atom stereocenters. The zero-order chi connectivity index (χ0) is 13.3. The van der Waals surface area contributed by atoms with Crippen molar-refractivity contribution in [3.05, 3.63) is 27.4 Å². The maximum atomic E-state index is 13.3. The lowest BCUT2D eigenvalue weighted by Gasteiger charge is -2.41. The Morgan fingerprint density at radius 2 is 2.22 bits per heavy atom. The molecule has 1 aromatic carbocycles. The molecule has 0 radical (unpaired) electrons. The summed E-state index contributed by atoms with van der Waals surface area (Å²) in [7, 11) is 0. The van der Waals surface area contributed by atoms with Gasteiger partial charge in [0, 0.05) is 30.1 Å². The van der Waals surface area contributed by atoms with Crippen molar-refractivity contribution < 1.29 is 4.39 Å². The van der Waals surface area contributed by atoms with E-state index in [0.717, 1.165) is 29.8 Å². The Bertz CT molecular complexity index is 416. The lowest BCUT2D eigenvalue weighted by atomic mass is 10.00. The number of piperazine rings is 1. The van der Waals surface area contributed by atoms with Crippen LogP contribution in [0.3, 0.4) is 0 Å². The predicted octanol–water partition coefficient (Wildman–Crippen LogP) is 3.68. The highest BCUT2D eigenvalue weighted by Crippen LogP contribution is 2.37. The summed E-state index contributed by atoms with van der Waals surface area (Å²) >= 11 is 9.63. The fourth-order valence-corrected chi connectivity index (χ4v) is 3.50. The third-order valence-electron chi connectivity index (χ3n) is 3.32. The molecule has 100 valence electrons. The van der Waals surface area contributed by atoms with E-state index in [4.69, 9.17) is 11.6 Å². The van der Waals surface area contributed by atoms with E-state index < -0.39 is 0 Å². The molecule has 0 bridgehead atoms. The summed E-state index contributed by atoms with van der Waals surface area (Å²) in [5.41, 5.74) is 0.901. The highest BCUT2D eigenvalue weighted by atomic mass is 79.9. The summed E-state index contributed by atoms with van der Waals surface area (Å²) in [6, 6.07) is 3.22. The Kier molecular flexibility index (Phi) is 4.51. The van der Waals surface area contributed by atoms with Gasteiger partial charge in [-0.1, -0.05) is 25.4 Å². The van der Waals surface area contributed by atoms with Crippen molar-refractivity contribution >= 4 is 33.2 Å². The van der Waals surface area contributed by atoms with E-state index in [9.17, 15) is 4.39 Å². The first-order chi connectivity index (χ1) is 8.50. The van der Waals surface area contributed by atoms with Gasteiger partial charge in [0.25, 0.3) is 0 Å². The molecule has 0 amide bonds. The molecular weight excluding hydrogens is 319 g/mol. The van der Waals surface area contributed by atoms with Gasteiger partial charge in [0.1, 0.15) is 5.82 Å². The Morgan fingerprint density at radius 3 is 2.83 bits per heavy atom. The monoisotopic (exact) mass is 334 g/mol. The Labute approximate surface area is 121 Å². The van der Waals surface area contributed by atoms with Crippen LogP contribution in [0.2, 0.25) is 5.02 Å². The largest absolute Gasteiger partial charge is 0.364 e. The van der Waals surface area contributed by atoms with E-state index in [1.54, 1.807) is 0 Å². The number of halogens is 3. The lowest BCUT2D eigenvalue weighted by Crippen LogP contribution is -2.54. The first-order valence-corrected chi connectivity index (χ1v) is 7.29. The Morgan fingerprint density at radius 1 is 1.50 bits per heavy atom. The summed E-state index contributed by atoms with van der Waals surface area (Å²) < 4.78 is 14.0. The second-order valence-corrected chi connectivity index (χ2v) is 6.19. The minimum Gasteiger partial charge on any atom is -0.364 e. The van der Waals surface area contributed by atoms with Gasteiger partial charge in [0.2, 0.25) is 0 Å². The topological polar surface area (TPSA) is 15.3 Å². The molecule has 1 aliphatic rings. The molecule has 18 heavy (non-hydrogen) atoms. The number of hydrogen-bond donors (Lipinski definition) is 1. The van der Waals surface area contributed by atoms with Crippen LogP contribution in [0.1, 0.15) is 13.8 Å². The fourth-order valence-electron chi connectivity index (χ4n) is 2.41. The number of nitrogens with zero attached hydrogens (tertiary/aromatic N) is 1. The molecule has 1 fully saturated rings. The van der Waals surface area contributed by atoms with Gasteiger partial charge in [-0.05, 0) is 34.0 Å². The van der Waals surface area contributed by atoms with Crippen molar-refractivity contribution in [2.24, 2.45) is 5.92 Å². The van der Waals surface area contributed by atoms with E-state index in [1.807, 2.05) is 0 Å². The smallest absolute Gasteiger partial charge is 0.125 e. The molecule has 1 heterocycles. The van der Waals surface area contributed by atoms with E-state index in [2.05, 4.69) is 40.0 Å². The predicted molar refractivity (Wildman–Crippen MR) is 78.0 cm³/mol. The molecule has 0 aliphatic carbocycles. The molecule has 1 saturated heterocycles. The van der Waals surface area contributed by atoms with Crippen molar-refractivity contribution in [3.63, 3.8) is 0 Å². The number of benzene rings is 1. The third-order valence-corrected chi connectivity index (χ3v) is 4.21. The van der Waals surface area contributed by atoms with Gasteiger partial charge < -0.3 is 10.2 Å². The Hall–Kier alpha value is -0.320. The van der Waals surface area contributed by atoms with Crippen molar-refractivity contribution in [1.29, 1.82) is 0 Å². The highest BCUT2D eigenvalue weighted by molar-refractivity contribution is 9.10.